The molecule has 0 spiro atoms. The SMILES string of the molecule is Cc1ccc2cc(-c3nc(Cl)ncc3[N+](=O)[O-])ccc2n1. The number of aryl methyl sites for hydroxylation is 1. The largest absolute Gasteiger partial charge is 0.313 e. The molecule has 0 fully saturated rings. The third-order valence-electron chi connectivity index (χ3n) is 3.04. The molecule has 0 amide bonds. The van der Waals surface area contributed by atoms with Crippen molar-refractivity contribution in [3.63, 3.8) is 0 Å². The van der Waals surface area contributed by atoms with Gasteiger partial charge in [-0.2, -0.15) is 0 Å². The maximum atomic E-state index is 11.1. The fourth-order valence-corrected chi connectivity index (χ4v) is 2.21. The Balaban J connectivity index is 2.23. The Hall–Kier alpha value is -2.60. The van der Waals surface area contributed by atoms with Gasteiger partial charge in [-0.1, -0.05) is 12.1 Å². The van der Waals surface area contributed by atoms with Crippen LogP contribution in [0.4, 0.5) is 5.69 Å². The van der Waals surface area contributed by atoms with Crippen molar-refractivity contribution in [2.24, 2.45) is 0 Å². The van der Waals surface area contributed by atoms with Gasteiger partial charge in [0.25, 0.3) is 0 Å². The molecule has 3 rings (SSSR count). The first-order chi connectivity index (χ1) is 10.0. The zero-order valence-corrected chi connectivity index (χ0v) is 11.7. The second kappa shape index (κ2) is 5.06. The summed E-state index contributed by atoms with van der Waals surface area (Å²) in [5.74, 6) is 0. The highest BCUT2D eigenvalue weighted by Crippen LogP contribution is 2.30. The molecule has 0 radical (unpaired) electrons. The van der Waals surface area contributed by atoms with Gasteiger partial charge in [0.15, 0.2) is 5.69 Å². The second-order valence-corrected chi connectivity index (χ2v) is 4.83. The van der Waals surface area contributed by atoms with Gasteiger partial charge in [0, 0.05) is 16.6 Å². The Bertz CT molecular complexity index is 867. The molecule has 0 aliphatic heterocycles. The molecule has 104 valence electrons. The average Bonchev–Trinajstić information content (AvgIpc) is 2.46. The van der Waals surface area contributed by atoms with Gasteiger partial charge < -0.3 is 0 Å². The Morgan fingerprint density at radius 2 is 2.00 bits per heavy atom. The highest BCUT2D eigenvalue weighted by Gasteiger charge is 2.18. The molecule has 0 aliphatic carbocycles. The van der Waals surface area contributed by atoms with Crippen molar-refractivity contribution in [2.45, 2.75) is 6.92 Å². The molecule has 0 N–H and O–H groups in total. The van der Waals surface area contributed by atoms with Gasteiger partial charge in [-0.3, -0.25) is 15.1 Å². The van der Waals surface area contributed by atoms with E-state index >= 15 is 0 Å². The third kappa shape index (κ3) is 2.53. The van der Waals surface area contributed by atoms with Crippen molar-refractivity contribution in [2.75, 3.05) is 0 Å². The number of hydrogen-bond acceptors (Lipinski definition) is 5. The summed E-state index contributed by atoms with van der Waals surface area (Å²) in [5.41, 5.74) is 2.35. The summed E-state index contributed by atoms with van der Waals surface area (Å²) in [6.45, 7) is 1.91. The van der Waals surface area contributed by atoms with E-state index in [-0.39, 0.29) is 16.7 Å². The number of halogens is 1. The molecule has 2 aromatic heterocycles. The predicted molar refractivity (Wildman–Crippen MR) is 79.2 cm³/mol. The van der Waals surface area contributed by atoms with E-state index in [1.165, 1.54) is 0 Å². The topological polar surface area (TPSA) is 81.8 Å². The fourth-order valence-electron chi connectivity index (χ4n) is 2.07. The Labute approximate surface area is 124 Å². The number of nitro groups is 1. The van der Waals surface area contributed by atoms with Crippen molar-refractivity contribution in [3.05, 3.63) is 57.6 Å². The molecule has 0 unspecified atom stereocenters. The summed E-state index contributed by atoms with van der Waals surface area (Å²) in [6, 6.07) is 9.13. The van der Waals surface area contributed by atoms with E-state index < -0.39 is 4.92 Å². The van der Waals surface area contributed by atoms with Gasteiger partial charge >= 0.3 is 5.69 Å². The van der Waals surface area contributed by atoms with Gasteiger partial charge in [0.2, 0.25) is 5.28 Å². The first kappa shape index (κ1) is 13.4. The number of benzene rings is 1. The Morgan fingerprint density at radius 3 is 2.76 bits per heavy atom. The molecule has 0 saturated heterocycles. The van der Waals surface area contributed by atoms with Crippen molar-refractivity contribution < 1.29 is 4.92 Å². The highest BCUT2D eigenvalue weighted by atomic mass is 35.5. The lowest BCUT2D eigenvalue weighted by molar-refractivity contribution is -0.384. The number of pyridine rings is 1. The van der Waals surface area contributed by atoms with Gasteiger partial charge in [-0.05, 0) is 36.7 Å². The molecular formula is C14H9ClN4O2. The van der Waals surface area contributed by atoms with Crippen LogP contribution in [0, 0.1) is 17.0 Å². The average molecular weight is 301 g/mol. The molecule has 2 heterocycles. The van der Waals surface area contributed by atoms with Crippen molar-refractivity contribution in [3.8, 4) is 11.3 Å². The van der Waals surface area contributed by atoms with E-state index in [9.17, 15) is 10.1 Å². The summed E-state index contributed by atoms with van der Waals surface area (Å²) < 4.78 is 0. The van der Waals surface area contributed by atoms with E-state index in [1.54, 1.807) is 18.2 Å². The molecule has 0 aliphatic rings. The summed E-state index contributed by atoms with van der Waals surface area (Å²) in [5, 5.41) is 11.9. The number of nitrogens with zero attached hydrogens (tertiary/aromatic N) is 4. The van der Waals surface area contributed by atoms with E-state index in [2.05, 4.69) is 15.0 Å². The molecule has 0 bridgehead atoms. The maximum absolute atomic E-state index is 11.1. The first-order valence-corrected chi connectivity index (χ1v) is 6.47. The number of hydrogen-bond donors (Lipinski definition) is 0. The van der Waals surface area contributed by atoms with Gasteiger partial charge in [-0.25, -0.2) is 9.97 Å². The molecule has 21 heavy (non-hydrogen) atoms. The van der Waals surface area contributed by atoms with Crippen LogP contribution in [0.2, 0.25) is 5.28 Å². The van der Waals surface area contributed by atoms with E-state index in [0.29, 0.717) is 5.56 Å². The van der Waals surface area contributed by atoms with Crippen LogP contribution in [0.15, 0.2) is 36.5 Å². The van der Waals surface area contributed by atoms with Crippen molar-refractivity contribution >= 4 is 28.2 Å². The first-order valence-electron chi connectivity index (χ1n) is 6.09. The quantitative estimate of drug-likeness (QED) is 0.410. The monoisotopic (exact) mass is 300 g/mol. The smallest absolute Gasteiger partial charge is 0.258 e. The van der Waals surface area contributed by atoms with Crippen LogP contribution in [0.1, 0.15) is 5.69 Å². The standard InChI is InChI=1S/C14H9ClN4O2/c1-8-2-3-9-6-10(4-5-11(9)17-8)13-12(19(20)21)7-16-14(15)18-13/h2-7H,1H3. The molecule has 7 heteroatoms. The lowest BCUT2D eigenvalue weighted by Gasteiger charge is -2.05. The van der Waals surface area contributed by atoms with Crippen LogP contribution < -0.4 is 0 Å². The van der Waals surface area contributed by atoms with E-state index in [0.717, 1.165) is 22.8 Å². The molecular weight excluding hydrogens is 292 g/mol. The van der Waals surface area contributed by atoms with E-state index in [1.807, 2.05) is 19.1 Å². The molecule has 0 saturated carbocycles. The molecule has 1 aromatic carbocycles. The highest BCUT2D eigenvalue weighted by molar-refractivity contribution is 6.28. The summed E-state index contributed by atoms with van der Waals surface area (Å²) in [6.07, 6.45) is 1.11. The van der Waals surface area contributed by atoms with Gasteiger partial charge in [0.05, 0.1) is 10.4 Å². The molecule has 0 atom stereocenters. The number of fused-ring (bicyclic) bond motifs is 1. The fraction of sp³-hybridized carbons (Fsp3) is 0.0714. The zero-order valence-electron chi connectivity index (χ0n) is 10.9. The van der Waals surface area contributed by atoms with Crippen LogP contribution in [0.5, 0.6) is 0 Å². The minimum atomic E-state index is -0.525. The van der Waals surface area contributed by atoms with Crippen molar-refractivity contribution in [1.29, 1.82) is 0 Å². The van der Waals surface area contributed by atoms with Crippen LogP contribution in [-0.4, -0.2) is 19.9 Å². The van der Waals surface area contributed by atoms with Crippen LogP contribution >= 0.6 is 11.6 Å². The normalized spacial score (nSPS) is 10.8. The minimum absolute atomic E-state index is 0.0299. The van der Waals surface area contributed by atoms with Crippen LogP contribution in [0.3, 0.4) is 0 Å². The van der Waals surface area contributed by atoms with Crippen LogP contribution in [0.25, 0.3) is 22.2 Å². The summed E-state index contributed by atoms with van der Waals surface area (Å²) >= 11 is 5.75. The Morgan fingerprint density at radius 1 is 1.19 bits per heavy atom. The van der Waals surface area contributed by atoms with Crippen molar-refractivity contribution in [1.82, 2.24) is 15.0 Å². The zero-order chi connectivity index (χ0) is 15.0. The maximum Gasteiger partial charge on any atom is 0.313 e. The van der Waals surface area contributed by atoms with Crippen LogP contribution in [-0.2, 0) is 0 Å². The van der Waals surface area contributed by atoms with E-state index in [4.69, 9.17) is 11.6 Å². The number of rotatable bonds is 2. The molecule has 3 aromatic rings. The minimum Gasteiger partial charge on any atom is -0.258 e. The molecule has 6 nitrogen and oxygen atoms in total. The number of aromatic nitrogens is 3. The lowest BCUT2D eigenvalue weighted by atomic mass is 10.1. The summed E-state index contributed by atoms with van der Waals surface area (Å²) in [7, 11) is 0. The third-order valence-corrected chi connectivity index (χ3v) is 3.22. The van der Waals surface area contributed by atoms with Gasteiger partial charge in [-0.15, -0.1) is 0 Å². The summed E-state index contributed by atoms with van der Waals surface area (Å²) in [4.78, 5) is 22.6. The lowest BCUT2D eigenvalue weighted by Crippen LogP contribution is -1.97. The van der Waals surface area contributed by atoms with Gasteiger partial charge in [0.1, 0.15) is 6.20 Å². The predicted octanol–water partition coefficient (Wildman–Crippen LogP) is 3.56. The second-order valence-electron chi connectivity index (χ2n) is 4.49. The Kier molecular flexibility index (Phi) is 3.23.